The number of hydrogen-bond acceptors (Lipinski definition) is 7. The number of halogens is 2. The summed E-state index contributed by atoms with van der Waals surface area (Å²) >= 11 is 1.26. The molecule has 0 spiro atoms. The molecule has 0 unspecified atom stereocenters. The summed E-state index contributed by atoms with van der Waals surface area (Å²) in [5, 5.41) is 3.32. The first-order valence-corrected chi connectivity index (χ1v) is 12.6. The van der Waals surface area contributed by atoms with Crippen LogP contribution >= 0.6 is 11.3 Å². The van der Waals surface area contributed by atoms with Gasteiger partial charge >= 0.3 is 0 Å². The summed E-state index contributed by atoms with van der Waals surface area (Å²) in [5.74, 6) is -2.39. The summed E-state index contributed by atoms with van der Waals surface area (Å²) in [4.78, 5) is 20.7. The third kappa shape index (κ3) is 5.22. The third-order valence-corrected chi connectivity index (χ3v) is 7.91. The Kier molecular flexibility index (Phi) is 6.68. The lowest BCUT2D eigenvalue weighted by atomic mass is 10.3. The standard InChI is InChI=1S/C21H22F2N4O3S2/c22-15-12-17(23)20-18(13-15)31-21(25-20)27-10-8-26(9-11-27)7-6-24-19(28)14-32(29,30)16-4-2-1-3-5-16/h1-5,12-13H,6-11,14H2,(H,24,28). The number of carbonyl (C=O) groups excluding carboxylic acids is 1. The minimum absolute atomic E-state index is 0.128. The smallest absolute Gasteiger partial charge is 0.235 e. The Hall–Kier alpha value is -2.63. The van der Waals surface area contributed by atoms with Crippen LogP contribution in [0.3, 0.4) is 0 Å². The molecular weight excluding hydrogens is 458 g/mol. The van der Waals surface area contributed by atoms with Crippen LogP contribution in [0.5, 0.6) is 0 Å². The van der Waals surface area contributed by atoms with Gasteiger partial charge in [-0.2, -0.15) is 0 Å². The molecule has 2 heterocycles. The monoisotopic (exact) mass is 480 g/mol. The van der Waals surface area contributed by atoms with Crippen LogP contribution in [0, 0.1) is 11.6 Å². The fourth-order valence-electron chi connectivity index (χ4n) is 3.53. The van der Waals surface area contributed by atoms with Crippen molar-refractivity contribution < 1.29 is 22.0 Å². The van der Waals surface area contributed by atoms with Crippen LogP contribution in [0.4, 0.5) is 13.9 Å². The molecule has 32 heavy (non-hydrogen) atoms. The van der Waals surface area contributed by atoms with E-state index in [4.69, 9.17) is 0 Å². The molecule has 1 amide bonds. The number of benzene rings is 2. The zero-order chi connectivity index (χ0) is 22.7. The quantitative estimate of drug-likeness (QED) is 0.559. The van der Waals surface area contributed by atoms with E-state index in [-0.39, 0.29) is 10.4 Å². The first-order chi connectivity index (χ1) is 15.3. The number of piperazine rings is 1. The molecule has 2 aromatic carbocycles. The van der Waals surface area contributed by atoms with E-state index in [1.807, 2.05) is 4.90 Å². The van der Waals surface area contributed by atoms with Gasteiger partial charge in [0.25, 0.3) is 0 Å². The largest absolute Gasteiger partial charge is 0.354 e. The fraction of sp³-hybridized carbons (Fsp3) is 0.333. The average molecular weight is 481 g/mol. The highest BCUT2D eigenvalue weighted by Crippen LogP contribution is 2.31. The summed E-state index contributed by atoms with van der Waals surface area (Å²) in [6.07, 6.45) is 0. The van der Waals surface area contributed by atoms with Gasteiger partial charge in [0.2, 0.25) is 5.91 Å². The second-order valence-electron chi connectivity index (χ2n) is 7.48. The Labute approximate surface area is 188 Å². The first kappa shape index (κ1) is 22.6. The maximum atomic E-state index is 13.9. The first-order valence-electron chi connectivity index (χ1n) is 10.1. The van der Waals surface area contributed by atoms with Crippen molar-refractivity contribution in [2.75, 3.05) is 49.9 Å². The van der Waals surface area contributed by atoms with Crippen molar-refractivity contribution in [1.29, 1.82) is 0 Å². The molecule has 3 aromatic rings. The molecule has 7 nitrogen and oxygen atoms in total. The summed E-state index contributed by atoms with van der Waals surface area (Å²) in [5.41, 5.74) is 0.182. The molecule has 0 atom stereocenters. The second kappa shape index (κ2) is 9.47. The van der Waals surface area contributed by atoms with Gasteiger partial charge in [0.15, 0.2) is 20.8 Å². The number of nitrogens with zero attached hydrogens (tertiary/aromatic N) is 3. The van der Waals surface area contributed by atoms with Crippen LogP contribution in [0.25, 0.3) is 10.2 Å². The van der Waals surface area contributed by atoms with Gasteiger partial charge in [0.05, 0.1) is 9.60 Å². The Morgan fingerprint density at radius 2 is 1.81 bits per heavy atom. The van der Waals surface area contributed by atoms with Crippen LogP contribution in [-0.4, -0.2) is 69.2 Å². The highest BCUT2D eigenvalue weighted by molar-refractivity contribution is 7.92. The maximum absolute atomic E-state index is 13.9. The van der Waals surface area contributed by atoms with Crippen molar-refractivity contribution in [1.82, 2.24) is 15.2 Å². The predicted octanol–water partition coefficient (Wildman–Crippen LogP) is 2.29. The zero-order valence-corrected chi connectivity index (χ0v) is 18.8. The van der Waals surface area contributed by atoms with E-state index >= 15 is 0 Å². The summed E-state index contributed by atoms with van der Waals surface area (Å²) < 4.78 is 52.3. The van der Waals surface area contributed by atoms with Crippen molar-refractivity contribution in [3.63, 3.8) is 0 Å². The van der Waals surface area contributed by atoms with Gasteiger partial charge in [-0.25, -0.2) is 22.2 Å². The highest BCUT2D eigenvalue weighted by atomic mass is 32.2. The molecule has 1 aromatic heterocycles. The third-order valence-electron chi connectivity index (χ3n) is 5.22. The molecule has 1 aliphatic heterocycles. The molecule has 0 radical (unpaired) electrons. The molecule has 0 aliphatic carbocycles. The number of nitrogens with one attached hydrogen (secondary N) is 1. The van der Waals surface area contributed by atoms with Crippen molar-refractivity contribution in [3.8, 4) is 0 Å². The van der Waals surface area contributed by atoms with E-state index in [9.17, 15) is 22.0 Å². The van der Waals surface area contributed by atoms with Gasteiger partial charge in [0.1, 0.15) is 17.1 Å². The zero-order valence-electron chi connectivity index (χ0n) is 17.1. The SMILES string of the molecule is O=C(CS(=O)(=O)c1ccccc1)NCCN1CCN(c2nc3c(F)cc(F)cc3s2)CC1. The molecule has 1 fully saturated rings. The van der Waals surface area contributed by atoms with Crippen LogP contribution in [0.2, 0.25) is 0 Å². The normalized spacial score (nSPS) is 15.2. The van der Waals surface area contributed by atoms with Gasteiger partial charge in [-0.15, -0.1) is 0 Å². The minimum Gasteiger partial charge on any atom is -0.354 e. The second-order valence-corrected chi connectivity index (χ2v) is 10.5. The lowest BCUT2D eigenvalue weighted by Gasteiger charge is -2.34. The van der Waals surface area contributed by atoms with Crippen LogP contribution in [-0.2, 0) is 14.6 Å². The number of thiazole rings is 1. The van der Waals surface area contributed by atoms with Gasteiger partial charge in [-0.3, -0.25) is 9.69 Å². The number of fused-ring (bicyclic) bond motifs is 1. The lowest BCUT2D eigenvalue weighted by Crippen LogP contribution is -2.48. The fourth-order valence-corrected chi connectivity index (χ4v) is 5.77. The van der Waals surface area contributed by atoms with Gasteiger partial charge in [-0.1, -0.05) is 29.5 Å². The molecule has 11 heteroatoms. The van der Waals surface area contributed by atoms with Crippen LogP contribution in [0.1, 0.15) is 0 Å². The number of anilines is 1. The average Bonchev–Trinajstić information content (AvgIpc) is 3.19. The molecule has 170 valence electrons. The van der Waals surface area contributed by atoms with E-state index < -0.39 is 33.1 Å². The number of aromatic nitrogens is 1. The number of sulfone groups is 1. The van der Waals surface area contributed by atoms with E-state index in [0.717, 1.165) is 6.07 Å². The summed E-state index contributed by atoms with van der Waals surface area (Å²) in [7, 11) is -3.66. The van der Waals surface area contributed by atoms with Crippen molar-refractivity contribution in [2.24, 2.45) is 0 Å². The Balaban J connectivity index is 1.23. The van der Waals surface area contributed by atoms with Crippen molar-refractivity contribution in [3.05, 3.63) is 54.1 Å². The van der Waals surface area contributed by atoms with Crippen LogP contribution < -0.4 is 10.2 Å². The number of amides is 1. The molecular formula is C21H22F2N4O3S2. The maximum Gasteiger partial charge on any atom is 0.235 e. The van der Waals surface area contributed by atoms with E-state index in [1.165, 1.54) is 29.5 Å². The predicted molar refractivity (Wildman–Crippen MR) is 120 cm³/mol. The molecule has 1 aliphatic rings. The Morgan fingerprint density at radius 1 is 1.09 bits per heavy atom. The van der Waals surface area contributed by atoms with Gasteiger partial charge in [-0.05, 0) is 18.2 Å². The van der Waals surface area contributed by atoms with Crippen molar-refractivity contribution in [2.45, 2.75) is 4.90 Å². The van der Waals surface area contributed by atoms with Gasteiger partial charge < -0.3 is 10.2 Å². The topological polar surface area (TPSA) is 82.6 Å². The minimum atomic E-state index is -3.66. The summed E-state index contributed by atoms with van der Waals surface area (Å²) in [6, 6.07) is 10.0. The molecule has 0 bridgehead atoms. The molecule has 4 rings (SSSR count). The van der Waals surface area contributed by atoms with E-state index in [0.29, 0.717) is 49.1 Å². The number of carbonyl (C=O) groups is 1. The summed E-state index contributed by atoms with van der Waals surface area (Å²) in [6.45, 7) is 3.69. The van der Waals surface area contributed by atoms with Crippen LogP contribution in [0.15, 0.2) is 47.4 Å². The Morgan fingerprint density at radius 3 is 2.53 bits per heavy atom. The molecule has 0 saturated carbocycles. The van der Waals surface area contributed by atoms with E-state index in [1.54, 1.807) is 18.2 Å². The molecule has 1 N–H and O–H groups in total. The Bertz CT molecular complexity index is 1210. The number of rotatable bonds is 7. The highest BCUT2D eigenvalue weighted by Gasteiger charge is 2.22. The number of hydrogen-bond donors (Lipinski definition) is 1. The molecule has 1 saturated heterocycles. The van der Waals surface area contributed by atoms with Crippen molar-refractivity contribution >= 4 is 42.4 Å². The lowest BCUT2D eigenvalue weighted by molar-refractivity contribution is -0.118. The van der Waals surface area contributed by atoms with E-state index in [2.05, 4.69) is 15.2 Å². The van der Waals surface area contributed by atoms with Gasteiger partial charge in [0, 0.05) is 45.3 Å².